The van der Waals surface area contributed by atoms with Gasteiger partial charge in [-0.25, -0.2) is 18.1 Å². The van der Waals surface area contributed by atoms with Gasteiger partial charge >= 0.3 is 0 Å². The molecule has 3 aromatic rings. The Morgan fingerprint density at radius 3 is 2.42 bits per heavy atom. The van der Waals surface area contributed by atoms with Crippen LogP contribution in [0.5, 0.6) is 5.88 Å². The van der Waals surface area contributed by atoms with Gasteiger partial charge in [-0.15, -0.1) is 0 Å². The maximum absolute atomic E-state index is 13.2. The van der Waals surface area contributed by atoms with Gasteiger partial charge in [-0.05, 0) is 63.9 Å². The lowest BCUT2D eigenvalue weighted by Gasteiger charge is -2.17. The zero-order chi connectivity index (χ0) is 26.1. The second-order valence-electron chi connectivity index (χ2n) is 9.65. The molecule has 0 aliphatic carbocycles. The first kappa shape index (κ1) is 25.2. The van der Waals surface area contributed by atoms with Crippen molar-refractivity contribution < 1.29 is 17.9 Å². The fourth-order valence-corrected chi connectivity index (χ4v) is 4.70. The van der Waals surface area contributed by atoms with Crippen LogP contribution in [0.3, 0.4) is 0 Å². The highest BCUT2D eigenvalue weighted by atomic mass is 32.2. The number of fused-ring (bicyclic) bond motifs is 4. The molecule has 1 aliphatic heterocycles. The van der Waals surface area contributed by atoms with Crippen molar-refractivity contribution in [2.45, 2.75) is 45.6 Å². The van der Waals surface area contributed by atoms with Gasteiger partial charge in [0.1, 0.15) is 0 Å². The van der Waals surface area contributed by atoms with Crippen molar-refractivity contribution in [1.82, 2.24) is 15.3 Å². The van der Waals surface area contributed by atoms with Crippen LogP contribution in [0.4, 0.5) is 5.95 Å². The highest BCUT2D eigenvalue weighted by molar-refractivity contribution is 7.92. The topological polar surface area (TPSA) is 110 Å². The van der Waals surface area contributed by atoms with E-state index in [1.807, 2.05) is 52.8 Å². The molecule has 1 unspecified atom stereocenters. The number of carbonyl (C=O) groups excluding carboxylic acids is 1. The minimum atomic E-state index is -4.08. The number of ether oxygens (including phenoxy) is 1. The SMILES string of the molecule is Cc1cccc(C)c1-c1cc2nc(n1)NS(=O)(=O)c1cccc(c1)C(=O)NCC(C#CC(C)(C)C)O2. The van der Waals surface area contributed by atoms with Crippen LogP contribution >= 0.6 is 0 Å². The van der Waals surface area contributed by atoms with Crippen molar-refractivity contribution >= 4 is 21.9 Å². The third kappa shape index (κ3) is 5.83. The van der Waals surface area contributed by atoms with E-state index in [9.17, 15) is 13.2 Å². The van der Waals surface area contributed by atoms with Gasteiger partial charge in [-0.1, -0.05) is 36.1 Å². The summed E-state index contributed by atoms with van der Waals surface area (Å²) >= 11 is 0. The summed E-state index contributed by atoms with van der Waals surface area (Å²) in [5.41, 5.74) is 3.19. The van der Waals surface area contributed by atoms with Gasteiger partial charge in [-0.2, -0.15) is 4.98 Å². The Morgan fingerprint density at radius 2 is 1.72 bits per heavy atom. The zero-order valence-corrected chi connectivity index (χ0v) is 21.7. The van der Waals surface area contributed by atoms with Crippen molar-refractivity contribution in [2.75, 3.05) is 11.3 Å². The molecule has 186 valence electrons. The van der Waals surface area contributed by atoms with E-state index in [0.29, 0.717) is 5.69 Å². The van der Waals surface area contributed by atoms with E-state index in [2.05, 4.69) is 31.8 Å². The number of carbonyl (C=O) groups is 1. The lowest BCUT2D eigenvalue weighted by atomic mass is 9.97. The van der Waals surface area contributed by atoms with E-state index in [1.54, 1.807) is 12.1 Å². The number of anilines is 1. The molecule has 0 spiro atoms. The fraction of sp³-hybridized carbons (Fsp3) is 0.296. The molecule has 2 N–H and O–H groups in total. The Bertz CT molecular complexity index is 1480. The lowest BCUT2D eigenvalue weighted by molar-refractivity contribution is 0.0938. The number of nitrogens with zero attached hydrogens (tertiary/aromatic N) is 2. The van der Waals surface area contributed by atoms with Crippen LogP contribution in [0.15, 0.2) is 53.4 Å². The number of hydrogen-bond donors (Lipinski definition) is 2. The Balaban J connectivity index is 1.90. The molecule has 0 fully saturated rings. The van der Waals surface area contributed by atoms with E-state index in [-0.39, 0.29) is 34.2 Å². The molecule has 8 nitrogen and oxygen atoms in total. The van der Waals surface area contributed by atoms with Crippen LogP contribution in [-0.2, 0) is 10.0 Å². The first-order valence-electron chi connectivity index (χ1n) is 11.5. The molecule has 9 heteroatoms. The summed E-state index contributed by atoms with van der Waals surface area (Å²) in [5, 5.41) is 2.79. The molecule has 2 heterocycles. The van der Waals surface area contributed by atoms with Crippen LogP contribution in [0.1, 0.15) is 42.3 Å². The van der Waals surface area contributed by atoms with Gasteiger partial charge in [0.2, 0.25) is 11.8 Å². The van der Waals surface area contributed by atoms with Crippen LogP contribution in [0.25, 0.3) is 11.3 Å². The van der Waals surface area contributed by atoms with Crippen molar-refractivity contribution in [3.8, 4) is 29.0 Å². The molecule has 1 aliphatic rings. The van der Waals surface area contributed by atoms with Crippen LogP contribution < -0.4 is 14.8 Å². The fourth-order valence-electron chi connectivity index (χ4n) is 3.71. The molecule has 1 atom stereocenters. The number of sulfonamides is 1. The van der Waals surface area contributed by atoms with Crippen molar-refractivity contribution in [2.24, 2.45) is 5.41 Å². The molecule has 0 radical (unpaired) electrons. The van der Waals surface area contributed by atoms with E-state index in [0.717, 1.165) is 16.7 Å². The summed E-state index contributed by atoms with van der Waals surface area (Å²) in [6, 6.07) is 13.3. The normalized spacial score (nSPS) is 17.0. The van der Waals surface area contributed by atoms with Gasteiger partial charge in [0, 0.05) is 22.6 Å². The third-order valence-corrected chi connectivity index (χ3v) is 6.72. The predicted molar refractivity (Wildman–Crippen MR) is 138 cm³/mol. The van der Waals surface area contributed by atoms with Crippen LogP contribution in [0, 0.1) is 31.1 Å². The number of amides is 1. The predicted octanol–water partition coefficient (Wildman–Crippen LogP) is 4.10. The van der Waals surface area contributed by atoms with Gasteiger partial charge in [0.05, 0.1) is 17.1 Å². The number of benzene rings is 2. The average molecular weight is 505 g/mol. The summed E-state index contributed by atoms with van der Waals surface area (Å²) in [6.07, 6.45) is -0.734. The molecule has 0 saturated carbocycles. The van der Waals surface area contributed by atoms with Crippen molar-refractivity contribution in [3.63, 3.8) is 0 Å². The minimum Gasteiger partial charge on any atom is -0.459 e. The summed E-state index contributed by atoms with van der Waals surface area (Å²) in [7, 11) is -4.08. The molecule has 36 heavy (non-hydrogen) atoms. The van der Waals surface area contributed by atoms with E-state index >= 15 is 0 Å². The minimum absolute atomic E-state index is 0.0738. The van der Waals surface area contributed by atoms with E-state index in [4.69, 9.17) is 4.74 Å². The van der Waals surface area contributed by atoms with Crippen LogP contribution in [-0.4, -0.2) is 36.9 Å². The van der Waals surface area contributed by atoms with Gasteiger partial charge in [-0.3, -0.25) is 4.79 Å². The first-order valence-corrected chi connectivity index (χ1v) is 13.0. The Morgan fingerprint density at radius 1 is 1.03 bits per heavy atom. The molecule has 0 saturated heterocycles. The molecule has 1 aromatic heterocycles. The van der Waals surface area contributed by atoms with Gasteiger partial charge in [0.25, 0.3) is 15.9 Å². The Hall–Kier alpha value is -3.90. The maximum Gasteiger partial charge on any atom is 0.264 e. The van der Waals surface area contributed by atoms with Gasteiger partial charge < -0.3 is 10.1 Å². The maximum atomic E-state index is 13.2. The number of hydrogen-bond acceptors (Lipinski definition) is 6. The number of aromatic nitrogens is 2. The Labute approximate surface area is 211 Å². The number of aryl methyl sites for hydroxylation is 2. The quantitative estimate of drug-likeness (QED) is 0.483. The van der Waals surface area contributed by atoms with Crippen molar-refractivity contribution in [1.29, 1.82) is 0 Å². The van der Waals surface area contributed by atoms with Crippen LogP contribution in [0.2, 0.25) is 0 Å². The molecule has 2 aromatic carbocycles. The second-order valence-corrected chi connectivity index (χ2v) is 11.3. The molecular weight excluding hydrogens is 476 g/mol. The van der Waals surface area contributed by atoms with E-state index in [1.165, 1.54) is 18.2 Å². The number of nitrogens with one attached hydrogen (secondary N) is 2. The summed E-state index contributed by atoms with van der Waals surface area (Å²) < 4.78 is 34.9. The average Bonchev–Trinajstić information content (AvgIpc) is 2.79. The Kier molecular flexibility index (Phi) is 6.74. The lowest BCUT2D eigenvalue weighted by Crippen LogP contribution is -2.35. The standard InChI is InChI=1S/C27H28N4O4S/c1-17-8-6-9-18(2)24(17)22-15-23-30-26(29-22)31-36(33,34)21-11-7-10-19(14-21)25(32)28-16-20(35-23)12-13-27(3,4)5/h6-11,14-15,20H,16H2,1-5H3,(H,28,32)(H,29,30,31). The third-order valence-electron chi connectivity index (χ3n) is 5.39. The highest BCUT2D eigenvalue weighted by Crippen LogP contribution is 2.30. The summed E-state index contributed by atoms with van der Waals surface area (Å²) in [6.45, 7) is 9.90. The molecule has 4 rings (SSSR count). The van der Waals surface area contributed by atoms with E-state index < -0.39 is 22.0 Å². The smallest absolute Gasteiger partial charge is 0.264 e. The number of rotatable bonds is 1. The largest absolute Gasteiger partial charge is 0.459 e. The first-order chi connectivity index (χ1) is 16.9. The summed E-state index contributed by atoms with van der Waals surface area (Å²) in [4.78, 5) is 21.5. The molecule has 4 bridgehead atoms. The second kappa shape index (κ2) is 9.63. The van der Waals surface area contributed by atoms with Crippen molar-refractivity contribution in [3.05, 3.63) is 65.2 Å². The summed E-state index contributed by atoms with van der Waals surface area (Å²) in [5.74, 6) is 5.77. The van der Waals surface area contributed by atoms with Gasteiger partial charge in [0.15, 0.2) is 6.10 Å². The highest BCUT2D eigenvalue weighted by Gasteiger charge is 2.22. The monoisotopic (exact) mass is 504 g/mol. The molecule has 1 amide bonds. The molecular formula is C27H28N4O4S. The zero-order valence-electron chi connectivity index (χ0n) is 20.8.